The Balaban J connectivity index is 1.67. The molecule has 120 valence electrons. The molecule has 22 heavy (non-hydrogen) atoms. The summed E-state index contributed by atoms with van der Waals surface area (Å²) in [5.74, 6) is 0. The quantitative estimate of drug-likeness (QED) is 0.478. The van der Waals surface area contributed by atoms with Crippen molar-refractivity contribution in [2.45, 2.75) is 0 Å². The van der Waals surface area contributed by atoms with Crippen LogP contribution in [0.4, 0.5) is 0 Å². The zero-order valence-electron chi connectivity index (χ0n) is 12.0. The summed E-state index contributed by atoms with van der Waals surface area (Å²) in [4.78, 5) is 2.33. The third kappa shape index (κ3) is 6.06. The highest BCUT2D eigenvalue weighted by Crippen LogP contribution is 2.19. The number of nitrogens with one attached hydrogen (secondary N) is 2. The topological polar surface area (TPSA) is 48.9 Å². The van der Waals surface area contributed by atoms with Crippen molar-refractivity contribution in [3.8, 4) is 0 Å². The lowest BCUT2D eigenvalue weighted by Gasteiger charge is -2.26. The van der Waals surface area contributed by atoms with E-state index < -0.39 is 0 Å². The number of benzene rings is 1. The Hall–Kier alpha value is -0.920. The van der Waals surface area contributed by atoms with Crippen molar-refractivity contribution in [3.63, 3.8) is 0 Å². The SMILES string of the molecule is S=C(NCCN1CCOCC1)N/N=C/c1ccc(Cl)cc1Cl. The summed E-state index contributed by atoms with van der Waals surface area (Å²) in [6.45, 7) is 5.23. The molecule has 0 radical (unpaired) electrons. The molecule has 2 rings (SSSR count). The first-order chi connectivity index (χ1) is 10.6. The molecule has 8 heteroatoms. The number of hydrogen-bond donors (Lipinski definition) is 2. The van der Waals surface area contributed by atoms with Crippen LogP contribution in [-0.2, 0) is 4.74 Å². The number of morpholine rings is 1. The van der Waals surface area contributed by atoms with Crippen molar-refractivity contribution in [2.75, 3.05) is 39.4 Å². The first-order valence-corrected chi connectivity index (χ1v) is 8.13. The second-order valence-corrected chi connectivity index (χ2v) is 6.00. The van der Waals surface area contributed by atoms with E-state index in [1.165, 1.54) is 0 Å². The first kappa shape index (κ1) is 17.4. The predicted molar refractivity (Wildman–Crippen MR) is 95.1 cm³/mol. The molecular formula is C14H18Cl2N4OS. The van der Waals surface area contributed by atoms with Crippen molar-refractivity contribution in [3.05, 3.63) is 33.8 Å². The van der Waals surface area contributed by atoms with E-state index in [-0.39, 0.29) is 0 Å². The molecule has 1 fully saturated rings. The summed E-state index contributed by atoms with van der Waals surface area (Å²) in [5, 5.41) is 8.79. The molecule has 0 atom stereocenters. The van der Waals surface area contributed by atoms with Gasteiger partial charge in [-0.2, -0.15) is 5.10 Å². The van der Waals surface area contributed by atoms with Crippen molar-refractivity contribution in [2.24, 2.45) is 5.10 Å². The number of rotatable bonds is 5. The van der Waals surface area contributed by atoms with Gasteiger partial charge in [-0.15, -0.1) is 0 Å². The largest absolute Gasteiger partial charge is 0.379 e. The minimum Gasteiger partial charge on any atom is -0.379 e. The van der Waals surface area contributed by atoms with E-state index in [9.17, 15) is 0 Å². The Morgan fingerprint density at radius 3 is 2.86 bits per heavy atom. The van der Waals surface area contributed by atoms with E-state index in [1.807, 2.05) is 0 Å². The van der Waals surface area contributed by atoms with Gasteiger partial charge in [-0.3, -0.25) is 10.3 Å². The van der Waals surface area contributed by atoms with Gasteiger partial charge in [0.05, 0.1) is 24.5 Å². The van der Waals surface area contributed by atoms with Crippen LogP contribution in [0.3, 0.4) is 0 Å². The van der Waals surface area contributed by atoms with Gasteiger partial charge < -0.3 is 10.1 Å². The molecule has 1 heterocycles. The Labute approximate surface area is 145 Å². The van der Waals surface area contributed by atoms with Crippen LogP contribution in [0.15, 0.2) is 23.3 Å². The van der Waals surface area contributed by atoms with Crippen molar-refractivity contribution in [1.29, 1.82) is 0 Å². The molecule has 1 aliphatic heterocycles. The fourth-order valence-electron chi connectivity index (χ4n) is 1.96. The number of halogens is 2. The highest BCUT2D eigenvalue weighted by atomic mass is 35.5. The normalized spacial score (nSPS) is 15.9. The molecule has 0 aliphatic carbocycles. The molecule has 0 bridgehead atoms. The van der Waals surface area contributed by atoms with E-state index in [4.69, 9.17) is 40.2 Å². The molecule has 1 aromatic rings. The third-order valence-electron chi connectivity index (χ3n) is 3.15. The van der Waals surface area contributed by atoms with E-state index >= 15 is 0 Å². The van der Waals surface area contributed by atoms with E-state index in [0.29, 0.717) is 15.2 Å². The zero-order valence-corrected chi connectivity index (χ0v) is 14.3. The van der Waals surface area contributed by atoms with Crippen molar-refractivity contribution in [1.82, 2.24) is 15.6 Å². The molecule has 0 saturated carbocycles. The summed E-state index contributed by atoms with van der Waals surface area (Å²) >= 11 is 17.0. The average molecular weight is 361 g/mol. The van der Waals surface area contributed by atoms with Crippen LogP contribution in [-0.4, -0.2) is 55.6 Å². The molecule has 0 aromatic heterocycles. The fourth-order valence-corrected chi connectivity index (χ4v) is 2.57. The molecule has 1 aliphatic rings. The van der Waals surface area contributed by atoms with Gasteiger partial charge in [0.15, 0.2) is 5.11 Å². The summed E-state index contributed by atoms with van der Waals surface area (Å²) in [6, 6.07) is 5.22. The smallest absolute Gasteiger partial charge is 0.187 e. The van der Waals surface area contributed by atoms with Crippen LogP contribution in [0.25, 0.3) is 0 Å². The number of ether oxygens (including phenoxy) is 1. The Morgan fingerprint density at radius 1 is 1.36 bits per heavy atom. The summed E-state index contributed by atoms with van der Waals surface area (Å²) < 4.78 is 5.30. The lowest BCUT2D eigenvalue weighted by molar-refractivity contribution is 0.0389. The Bertz CT molecular complexity index is 536. The standard InChI is InChI=1S/C14H18Cl2N4OS/c15-12-2-1-11(13(16)9-12)10-18-19-14(22)17-3-4-20-5-7-21-8-6-20/h1-2,9-10H,3-8H2,(H2,17,19,22)/b18-10+. The Kier molecular flexibility index (Phi) is 7.35. The van der Waals surface area contributed by atoms with Crippen molar-refractivity contribution < 1.29 is 4.74 Å². The maximum atomic E-state index is 6.05. The molecule has 2 N–H and O–H groups in total. The molecule has 0 unspecified atom stereocenters. The highest BCUT2D eigenvalue weighted by molar-refractivity contribution is 7.80. The molecule has 1 saturated heterocycles. The van der Waals surface area contributed by atoms with Gasteiger partial charge >= 0.3 is 0 Å². The van der Waals surface area contributed by atoms with Gasteiger partial charge in [-0.05, 0) is 24.4 Å². The molecule has 0 spiro atoms. The van der Waals surface area contributed by atoms with E-state index in [0.717, 1.165) is 45.0 Å². The van der Waals surface area contributed by atoms with Crippen LogP contribution in [0.1, 0.15) is 5.56 Å². The molecular weight excluding hydrogens is 343 g/mol. The zero-order chi connectivity index (χ0) is 15.8. The van der Waals surface area contributed by atoms with Gasteiger partial charge in [-0.1, -0.05) is 29.3 Å². The number of thiocarbonyl (C=S) groups is 1. The average Bonchev–Trinajstić information content (AvgIpc) is 2.50. The lowest BCUT2D eigenvalue weighted by Crippen LogP contribution is -2.42. The minimum absolute atomic E-state index is 0.481. The van der Waals surface area contributed by atoms with Crippen LogP contribution < -0.4 is 10.7 Å². The highest BCUT2D eigenvalue weighted by Gasteiger charge is 2.09. The lowest BCUT2D eigenvalue weighted by atomic mass is 10.2. The third-order valence-corrected chi connectivity index (χ3v) is 3.95. The molecule has 5 nitrogen and oxygen atoms in total. The first-order valence-electron chi connectivity index (χ1n) is 6.97. The summed E-state index contributed by atoms with van der Waals surface area (Å²) in [6.07, 6.45) is 1.61. The molecule has 1 aromatic carbocycles. The number of hydrazone groups is 1. The van der Waals surface area contributed by atoms with Gasteiger partial charge in [-0.25, -0.2) is 0 Å². The fraction of sp³-hybridized carbons (Fsp3) is 0.429. The van der Waals surface area contributed by atoms with Gasteiger partial charge in [0.2, 0.25) is 0 Å². The van der Waals surface area contributed by atoms with Gasteiger partial charge in [0, 0.05) is 36.8 Å². The van der Waals surface area contributed by atoms with Crippen LogP contribution in [0.2, 0.25) is 10.0 Å². The second kappa shape index (κ2) is 9.27. The van der Waals surface area contributed by atoms with E-state index in [1.54, 1.807) is 24.4 Å². The predicted octanol–water partition coefficient (Wildman–Crippen LogP) is 2.12. The number of nitrogens with zero attached hydrogens (tertiary/aromatic N) is 2. The summed E-state index contributed by atoms with van der Waals surface area (Å²) in [5.41, 5.74) is 3.54. The minimum atomic E-state index is 0.481. The maximum Gasteiger partial charge on any atom is 0.187 e. The monoisotopic (exact) mass is 360 g/mol. The molecule has 0 amide bonds. The number of hydrogen-bond acceptors (Lipinski definition) is 4. The summed E-state index contributed by atoms with van der Waals surface area (Å²) in [7, 11) is 0. The van der Waals surface area contributed by atoms with Gasteiger partial charge in [0.25, 0.3) is 0 Å². The van der Waals surface area contributed by atoms with Crippen LogP contribution in [0, 0.1) is 0 Å². The van der Waals surface area contributed by atoms with Crippen molar-refractivity contribution >= 4 is 46.7 Å². The van der Waals surface area contributed by atoms with Gasteiger partial charge in [0.1, 0.15) is 0 Å². The Morgan fingerprint density at radius 2 is 2.14 bits per heavy atom. The van der Waals surface area contributed by atoms with Crippen LogP contribution in [0.5, 0.6) is 0 Å². The van der Waals surface area contributed by atoms with Crippen LogP contribution >= 0.6 is 35.4 Å². The second-order valence-electron chi connectivity index (χ2n) is 4.75. The van der Waals surface area contributed by atoms with E-state index in [2.05, 4.69) is 20.7 Å². The maximum absolute atomic E-state index is 6.05.